The predicted molar refractivity (Wildman–Crippen MR) is 81.9 cm³/mol. The molecule has 22 heavy (non-hydrogen) atoms. The summed E-state index contributed by atoms with van der Waals surface area (Å²) in [6.07, 6.45) is 0.243. The van der Waals surface area contributed by atoms with Gasteiger partial charge >= 0.3 is 0 Å². The maximum absolute atomic E-state index is 13.1. The maximum Gasteiger partial charge on any atom is 0.123 e. The first kappa shape index (κ1) is 16.7. The van der Waals surface area contributed by atoms with Crippen LogP contribution in [0.5, 0.6) is 0 Å². The van der Waals surface area contributed by atoms with E-state index in [2.05, 4.69) is 5.32 Å². The van der Waals surface area contributed by atoms with Crippen molar-refractivity contribution in [1.82, 2.24) is 0 Å². The first-order valence-corrected chi connectivity index (χ1v) is 8.94. The van der Waals surface area contributed by atoms with E-state index in [1.165, 1.54) is 48.5 Å². The van der Waals surface area contributed by atoms with Gasteiger partial charge in [-0.25, -0.2) is 8.78 Å². The van der Waals surface area contributed by atoms with Crippen LogP contribution in [0.4, 0.5) is 14.5 Å². The standard InChI is InChI=1S/C16H18F2NO2P/c1-3-16(22(2,20)21,12-4-6-13(17)7-5-12)19-15-10-8-14(18)9-11-15/h4-11,19H,3H2,1-2H3,(H,20,21)/p-1. The second-order valence-corrected chi connectivity index (χ2v) is 7.65. The Bertz CT molecular complexity index is 682. The van der Waals surface area contributed by atoms with Crippen molar-refractivity contribution >= 4 is 13.1 Å². The van der Waals surface area contributed by atoms with Crippen molar-refractivity contribution in [3.8, 4) is 0 Å². The topological polar surface area (TPSA) is 52.2 Å². The summed E-state index contributed by atoms with van der Waals surface area (Å²) in [5.41, 5.74) is 0.923. The van der Waals surface area contributed by atoms with Gasteiger partial charge in [-0.05, 0) is 55.0 Å². The summed E-state index contributed by atoms with van der Waals surface area (Å²) in [5.74, 6) is -0.844. The Labute approximate surface area is 128 Å². The number of halogens is 2. The Kier molecular flexibility index (Phi) is 4.69. The molecule has 0 amide bonds. The Balaban J connectivity index is 2.52. The number of benzene rings is 2. The molecule has 118 valence electrons. The number of hydrogen-bond acceptors (Lipinski definition) is 3. The Hall–Kier alpha value is -1.71. The van der Waals surface area contributed by atoms with Gasteiger partial charge in [0.15, 0.2) is 0 Å². The molecule has 0 heterocycles. The lowest BCUT2D eigenvalue weighted by Crippen LogP contribution is -2.38. The van der Waals surface area contributed by atoms with E-state index < -0.39 is 24.3 Å². The molecular weight excluding hydrogens is 307 g/mol. The SMILES string of the molecule is CCC(Nc1ccc(F)cc1)(c1ccc(F)cc1)P(C)(=O)[O-]. The van der Waals surface area contributed by atoms with Crippen LogP contribution in [0, 0.1) is 11.6 Å². The quantitative estimate of drug-likeness (QED) is 0.849. The van der Waals surface area contributed by atoms with Crippen LogP contribution in [0.2, 0.25) is 0 Å². The molecule has 1 N–H and O–H groups in total. The van der Waals surface area contributed by atoms with E-state index in [4.69, 9.17) is 0 Å². The summed E-state index contributed by atoms with van der Waals surface area (Å²) in [6.45, 7) is 2.88. The number of hydrogen-bond donors (Lipinski definition) is 1. The fourth-order valence-corrected chi connectivity index (χ4v) is 4.01. The molecule has 0 saturated heterocycles. The fourth-order valence-electron chi connectivity index (χ4n) is 2.49. The second kappa shape index (κ2) is 6.19. The molecule has 0 aliphatic heterocycles. The van der Waals surface area contributed by atoms with Crippen LogP contribution in [0.25, 0.3) is 0 Å². The van der Waals surface area contributed by atoms with Gasteiger partial charge in [-0.15, -0.1) is 0 Å². The molecule has 0 spiro atoms. The van der Waals surface area contributed by atoms with Crippen molar-refractivity contribution in [3.05, 3.63) is 65.7 Å². The van der Waals surface area contributed by atoms with E-state index in [9.17, 15) is 18.2 Å². The number of rotatable bonds is 5. The molecule has 2 aromatic rings. The van der Waals surface area contributed by atoms with Gasteiger partial charge in [-0.3, -0.25) is 0 Å². The van der Waals surface area contributed by atoms with Crippen molar-refractivity contribution in [1.29, 1.82) is 0 Å². The summed E-state index contributed by atoms with van der Waals surface area (Å²) in [6, 6.07) is 10.8. The van der Waals surface area contributed by atoms with Crippen molar-refractivity contribution in [2.45, 2.75) is 18.6 Å². The summed E-state index contributed by atoms with van der Waals surface area (Å²) in [7, 11) is -3.90. The van der Waals surface area contributed by atoms with Gasteiger partial charge < -0.3 is 14.8 Å². The van der Waals surface area contributed by atoms with Crippen molar-refractivity contribution < 1.29 is 18.2 Å². The van der Waals surface area contributed by atoms with Gasteiger partial charge in [0, 0.05) is 13.1 Å². The van der Waals surface area contributed by atoms with Crippen molar-refractivity contribution in [3.63, 3.8) is 0 Å². The minimum atomic E-state index is -3.90. The third-order valence-electron chi connectivity index (χ3n) is 3.72. The smallest absolute Gasteiger partial charge is 0.123 e. The van der Waals surface area contributed by atoms with Crippen LogP contribution >= 0.6 is 7.37 Å². The average molecular weight is 324 g/mol. The van der Waals surface area contributed by atoms with Crippen LogP contribution in [0.3, 0.4) is 0 Å². The molecule has 0 saturated carbocycles. The van der Waals surface area contributed by atoms with Gasteiger partial charge in [0.05, 0.1) is 0 Å². The normalized spacial score (nSPS) is 16.6. The first-order valence-electron chi connectivity index (χ1n) is 6.87. The zero-order valence-corrected chi connectivity index (χ0v) is 13.2. The van der Waals surface area contributed by atoms with E-state index in [1.807, 2.05) is 0 Å². The highest BCUT2D eigenvalue weighted by Gasteiger charge is 2.38. The highest BCUT2D eigenvalue weighted by molar-refractivity contribution is 7.57. The lowest BCUT2D eigenvalue weighted by atomic mass is 10.0. The maximum atomic E-state index is 13.1. The molecule has 0 aliphatic rings. The average Bonchev–Trinajstić information content (AvgIpc) is 2.46. The molecule has 2 unspecified atom stereocenters. The monoisotopic (exact) mass is 324 g/mol. The van der Waals surface area contributed by atoms with E-state index in [-0.39, 0.29) is 6.42 Å². The predicted octanol–water partition coefficient (Wildman–Crippen LogP) is 3.91. The molecule has 0 bridgehead atoms. The van der Waals surface area contributed by atoms with Gasteiger partial charge in [0.1, 0.15) is 16.9 Å². The second-order valence-electron chi connectivity index (χ2n) is 5.20. The molecule has 0 aliphatic carbocycles. The van der Waals surface area contributed by atoms with Crippen molar-refractivity contribution in [2.24, 2.45) is 0 Å². The van der Waals surface area contributed by atoms with Crippen LogP contribution < -0.4 is 10.2 Å². The molecule has 2 atom stereocenters. The van der Waals surface area contributed by atoms with Gasteiger partial charge in [-0.2, -0.15) is 0 Å². The summed E-state index contributed by atoms with van der Waals surface area (Å²) in [4.78, 5) is 12.4. The van der Waals surface area contributed by atoms with E-state index in [0.29, 0.717) is 11.3 Å². The van der Waals surface area contributed by atoms with Gasteiger partial charge in [0.25, 0.3) is 0 Å². The lowest BCUT2D eigenvalue weighted by Gasteiger charge is -2.44. The van der Waals surface area contributed by atoms with E-state index in [0.717, 1.165) is 6.66 Å². The van der Waals surface area contributed by atoms with Crippen LogP contribution in [-0.4, -0.2) is 6.66 Å². The van der Waals surface area contributed by atoms with E-state index in [1.54, 1.807) is 6.92 Å². The number of anilines is 1. The molecule has 0 fully saturated rings. The zero-order valence-electron chi connectivity index (χ0n) is 12.3. The third-order valence-corrected chi connectivity index (χ3v) is 5.80. The Morgan fingerprint density at radius 3 is 1.91 bits per heavy atom. The Morgan fingerprint density at radius 2 is 1.50 bits per heavy atom. The molecule has 3 nitrogen and oxygen atoms in total. The van der Waals surface area contributed by atoms with E-state index >= 15 is 0 Å². The first-order chi connectivity index (χ1) is 10.3. The molecule has 2 aromatic carbocycles. The summed E-state index contributed by atoms with van der Waals surface area (Å²) in [5, 5.41) is 1.60. The van der Waals surface area contributed by atoms with Crippen LogP contribution in [0.1, 0.15) is 18.9 Å². The van der Waals surface area contributed by atoms with Crippen LogP contribution in [0.15, 0.2) is 48.5 Å². The minimum absolute atomic E-state index is 0.243. The fraction of sp³-hybridized carbons (Fsp3) is 0.250. The number of nitrogens with one attached hydrogen (secondary N) is 1. The molecule has 0 radical (unpaired) electrons. The Morgan fingerprint density at radius 1 is 1.05 bits per heavy atom. The highest BCUT2D eigenvalue weighted by Crippen LogP contribution is 2.56. The summed E-state index contributed by atoms with van der Waals surface area (Å²) >= 11 is 0. The minimum Gasteiger partial charge on any atom is -0.798 e. The van der Waals surface area contributed by atoms with Gasteiger partial charge in [-0.1, -0.05) is 19.1 Å². The van der Waals surface area contributed by atoms with Crippen LogP contribution in [-0.2, 0) is 9.85 Å². The van der Waals surface area contributed by atoms with Crippen molar-refractivity contribution in [2.75, 3.05) is 12.0 Å². The molecule has 0 aromatic heterocycles. The third kappa shape index (κ3) is 3.21. The molecular formula is C16H17F2NO2P-. The highest BCUT2D eigenvalue weighted by atomic mass is 31.2. The largest absolute Gasteiger partial charge is 0.798 e. The zero-order chi connectivity index (χ0) is 16.4. The molecule has 6 heteroatoms. The lowest BCUT2D eigenvalue weighted by molar-refractivity contribution is -0.179. The van der Waals surface area contributed by atoms with Gasteiger partial charge in [0.2, 0.25) is 0 Å². The molecule has 2 rings (SSSR count). The summed E-state index contributed by atoms with van der Waals surface area (Å²) < 4.78 is 38.6.